The molecule has 4 aliphatic carbocycles. The molecule has 0 aromatic heterocycles. The van der Waals surface area contributed by atoms with Crippen LogP contribution < -0.4 is 0 Å². The van der Waals surface area contributed by atoms with Crippen molar-refractivity contribution < 1.29 is 29.0 Å². The Hall–Kier alpha value is -1.82. The number of aliphatic hydroxyl groups is 1. The fraction of sp³-hybridized carbons (Fsp3) is 0.750. The predicted octanol–water partition coefficient (Wildman–Crippen LogP) is 2.81. The number of ether oxygens (including phenoxy) is 1. The Kier molecular flexibility index (Phi) is 4.88. The number of esters is 1. The largest absolute Gasteiger partial charge is 0.458 e. The topological polar surface area (TPSA) is 97.7 Å². The van der Waals surface area contributed by atoms with Crippen LogP contribution in [-0.2, 0) is 23.9 Å². The summed E-state index contributed by atoms with van der Waals surface area (Å²) >= 11 is 0. The first kappa shape index (κ1) is 21.4. The van der Waals surface area contributed by atoms with E-state index < -0.39 is 29.4 Å². The Labute approximate surface area is 177 Å². The van der Waals surface area contributed by atoms with Gasteiger partial charge in [0.25, 0.3) is 0 Å². The third-order valence-corrected chi connectivity index (χ3v) is 8.98. The van der Waals surface area contributed by atoms with Crippen LogP contribution in [-0.4, -0.2) is 40.6 Å². The Balaban J connectivity index is 1.67. The van der Waals surface area contributed by atoms with Gasteiger partial charge in [-0.2, -0.15) is 0 Å². The second kappa shape index (κ2) is 6.84. The van der Waals surface area contributed by atoms with Crippen molar-refractivity contribution in [1.29, 1.82) is 0 Å². The summed E-state index contributed by atoms with van der Waals surface area (Å²) in [6.07, 6.45) is 5.16. The second-order valence-corrected chi connectivity index (χ2v) is 10.5. The lowest BCUT2D eigenvalue weighted by molar-refractivity contribution is -0.173. The maximum atomic E-state index is 13.6. The molecule has 4 aliphatic rings. The van der Waals surface area contributed by atoms with Crippen LogP contribution in [0.15, 0.2) is 11.6 Å². The van der Waals surface area contributed by atoms with Crippen molar-refractivity contribution >= 4 is 23.3 Å². The molecule has 164 valence electrons. The molecule has 4 rings (SSSR count). The summed E-state index contributed by atoms with van der Waals surface area (Å²) in [4.78, 5) is 49.9. The molecule has 3 saturated carbocycles. The van der Waals surface area contributed by atoms with Crippen molar-refractivity contribution in [2.45, 2.75) is 71.8 Å². The highest BCUT2D eigenvalue weighted by Crippen LogP contribution is 2.66. The summed E-state index contributed by atoms with van der Waals surface area (Å²) in [6.45, 7) is 6.71. The molecular weight excluding hydrogens is 384 g/mol. The van der Waals surface area contributed by atoms with Crippen molar-refractivity contribution in [3.63, 3.8) is 0 Å². The number of fused-ring (bicyclic) bond motifs is 5. The molecule has 0 saturated heterocycles. The van der Waals surface area contributed by atoms with Gasteiger partial charge in [-0.15, -0.1) is 0 Å². The Bertz CT molecular complexity index is 858. The number of carbonyl (C=O) groups is 4. The van der Waals surface area contributed by atoms with E-state index in [9.17, 15) is 24.3 Å². The van der Waals surface area contributed by atoms with Crippen molar-refractivity contribution in [3.05, 3.63) is 11.6 Å². The molecule has 6 heteroatoms. The Morgan fingerprint density at radius 2 is 1.93 bits per heavy atom. The highest BCUT2D eigenvalue weighted by Gasteiger charge is 2.68. The summed E-state index contributed by atoms with van der Waals surface area (Å²) < 4.78 is 4.88. The number of carbonyl (C=O) groups excluding carboxylic acids is 4. The SMILES string of the molecule is CC(=O)OCC(=O)[C@@]1(O)CC[C@H]2[C@@H]3CCC4=CC(=O)C(C)C[C@]4(C)[C@H]3C(=O)C[C@@]21C. The van der Waals surface area contributed by atoms with E-state index in [0.717, 1.165) is 18.4 Å². The summed E-state index contributed by atoms with van der Waals surface area (Å²) in [7, 11) is 0. The minimum atomic E-state index is -1.65. The molecule has 0 amide bonds. The second-order valence-electron chi connectivity index (χ2n) is 10.5. The lowest BCUT2D eigenvalue weighted by Crippen LogP contribution is -2.61. The molecular formula is C24H32O6. The van der Waals surface area contributed by atoms with Crippen molar-refractivity contribution in [3.8, 4) is 0 Å². The zero-order valence-electron chi connectivity index (χ0n) is 18.3. The van der Waals surface area contributed by atoms with Crippen LogP contribution in [0.25, 0.3) is 0 Å². The van der Waals surface area contributed by atoms with Crippen LogP contribution in [0.5, 0.6) is 0 Å². The minimum absolute atomic E-state index is 0.0535. The van der Waals surface area contributed by atoms with E-state index in [2.05, 4.69) is 6.92 Å². The fourth-order valence-corrected chi connectivity index (χ4v) is 7.48. The lowest BCUT2D eigenvalue weighted by atomic mass is 9.45. The molecule has 0 spiro atoms. The highest BCUT2D eigenvalue weighted by atomic mass is 16.5. The third-order valence-electron chi connectivity index (χ3n) is 8.98. The van der Waals surface area contributed by atoms with Gasteiger partial charge in [-0.1, -0.05) is 26.3 Å². The molecule has 0 radical (unpaired) electrons. The van der Waals surface area contributed by atoms with Gasteiger partial charge in [0.2, 0.25) is 5.78 Å². The molecule has 0 aromatic carbocycles. The van der Waals surface area contributed by atoms with E-state index >= 15 is 0 Å². The lowest BCUT2D eigenvalue weighted by Gasteiger charge is -2.58. The van der Waals surface area contributed by atoms with E-state index in [0.29, 0.717) is 19.3 Å². The van der Waals surface area contributed by atoms with Gasteiger partial charge in [-0.3, -0.25) is 19.2 Å². The summed E-state index contributed by atoms with van der Waals surface area (Å²) in [6, 6.07) is 0. The monoisotopic (exact) mass is 416 g/mol. The normalized spacial score (nSPS) is 45.2. The smallest absolute Gasteiger partial charge is 0.303 e. The summed E-state index contributed by atoms with van der Waals surface area (Å²) in [5.41, 5.74) is -1.73. The van der Waals surface area contributed by atoms with Gasteiger partial charge in [0.05, 0.1) is 0 Å². The van der Waals surface area contributed by atoms with Gasteiger partial charge >= 0.3 is 5.97 Å². The molecule has 0 aliphatic heterocycles. The fourth-order valence-electron chi connectivity index (χ4n) is 7.48. The first-order valence-corrected chi connectivity index (χ1v) is 11.1. The van der Waals surface area contributed by atoms with Gasteiger partial charge in [0.15, 0.2) is 12.4 Å². The minimum Gasteiger partial charge on any atom is -0.458 e. The molecule has 0 bridgehead atoms. The first-order valence-electron chi connectivity index (χ1n) is 11.1. The van der Waals surface area contributed by atoms with Crippen LogP contribution in [0.4, 0.5) is 0 Å². The van der Waals surface area contributed by atoms with Crippen molar-refractivity contribution in [2.75, 3.05) is 6.61 Å². The van der Waals surface area contributed by atoms with E-state index in [1.165, 1.54) is 6.92 Å². The average Bonchev–Trinajstić information content (AvgIpc) is 2.92. The molecule has 0 heterocycles. The van der Waals surface area contributed by atoms with Crippen LogP contribution in [0, 0.1) is 34.5 Å². The van der Waals surface area contributed by atoms with Gasteiger partial charge in [0, 0.05) is 30.6 Å². The van der Waals surface area contributed by atoms with E-state index in [1.807, 2.05) is 13.8 Å². The maximum Gasteiger partial charge on any atom is 0.303 e. The number of ketones is 3. The zero-order chi connectivity index (χ0) is 22.1. The standard InChI is InChI=1S/C24H32O6/c1-13-10-22(3)15(9-18(13)26)5-6-16-17-7-8-24(29,20(28)12-30-14(2)25)23(17,4)11-19(27)21(16)22/h9,13,16-17,21,29H,5-8,10-12H2,1-4H3/t13?,16-,17-,21+,22-,23-,24-/m0/s1. The summed E-state index contributed by atoms with van der Waals surface area (Å²) in [5.74, 6) is -0.941. The number of rotatable bonds is 3. The average molecular weight is 417 g/mol. The number of hydrogen-bond donors (Lipinski definition) is 1. The number of Topliss-reactive ketones (excluding diaryl/α,β-unsaturated/α-hetero) is 2. The molecule has 30 heavy (non-hydrogen) atoms. The predicted molar refractivity (Wildman–Crippen MR) is 108 cm³/mol. The third kappa shape index (κ3) is 2.79. The van der Waals surface area contributed by atoms with Crippen molar-refractivity contribution in [1.82, 2.24) is 0 Å². The number of hydrogen-bond acceptors (Lipinski definition) is 6. The van der Waals surface area contributed by atoms with Crippen LogP contribution in [0.3, 0.4) is 0 Å². The van der Waals surface area contributed by atoms with Gasteiger partial charge in [-0.05, 0) is 55.4 Å². The molecule has 0 aromatic rings. The molecule has 1 N–H and O–H groups in total. The van der Waals surface area contributed by atoms with Crippen LogP contribution in [0.1, 0.15) is 66.2 Å². The molecule has 6 nitrogen and oxygen atoms in total. The van der Waals surface area contributed by atoms with Crippen LogP contribution in [0.2, 0.25) is 0 Å². The number of allylic oxidation sites excluding steroid dienone is 1. The van der Waals surface area contributed by atoms with Crippen LogP contribution >= 0.6 is 0 Å². The van der Waals surface area contributed by atoms with Gasteiger partial charge in [-0.25, -0.2) is 0 Å². The van der Waals surface area contributed by atoms with E-state index in [1.54, 1.807) is 6.08 Å². The summed E-state index contributed by atoms with van der Waals surface area (Å²) in [5, 5.41) is 11.5. The maximum absolute atomic E-state index is 13.6. The quantitative estimate of drug-likeness (QED) is 0.711. The van der Waals surface area contributed by atoms with Gasteiger partial charge < -0.3 is 9.84 Å². The molecule has 3 fully saturated rings. The van der Waals surface area contributed by atoms with E-state index in [4.69, 9.17) is 4.74 Å². The Morgan fingerprint density at radius 1 is 1.23 bits per heavy atom. The first-order chi connectivity index (χ1) is 13.9. The molecule has 1 unspecified atom stereocenters. The van der Waals surface area contributed by atoms with Crippen molar-refractivity contribution in [2.24, 2.45) is 34.5 Å². The van der Waals surface area contributed by atoms with E-state index in [-0.39, 0.29) is 47.1 Å². The Morgan fingerprint density at radius 3 is 2.60 bits per heavy atom. The molecule has 7 atom stereocenters. The zero-order valence-corrected chi connectivity index (χ0v) is 18.3. The highest BCUT2D eigenvalue weighted by molar-refractivity contribution is 5.95. The van der Waals surface area contributed by atoms with Gasteiger partial charge in [0.1, 0.15) is 11.4 Å².